The van der Waals surface area contributed by atoms with E-state index in [1.807, 2.05) is 36.4 Å². The summed E-state index contributed by atoms with van der Waals surface area (Å²) in [6.45, 7) is 0.234. The number of nitrogens with one attached hydrogen (secondary N) is 1. The van der Waals surface area contributed by atoms with Crippen molar-refractivity contribution in [2.45, 2.75) is 0 Å². The van der Waals surface area contributed by atoms with Crippen LogP contribution in [0.25, 0.3) is 10.8 Å². The van der Waals surface area contributed by atoms with Crippen molar-refractivity contribution >= 4 is 22.7 Å². The third-order valence-corrected chi connectivity index (χ3v) is 2.11. The maximum Gasteiger partial charge on any atom is 0.219 e. The van der Waals surface area contributed by atoms with Gasteiger partial charge >= 0.3 is 0 Å². The van der Waals surface area contributed by atoms with Crippen molar-refractivity contribution in [3.63, 3.8) is 0 Å². The highest BCUT2D eigenvalue weighted by Gasteiger charge is 1.94. The molecule has 0 aliphatic rings. The van der Waals surface area contributed by atoms with Crippen molar-refractivity contribution < 1.29 is 4.79 Å². The average molecular weight is 184 g/mol. The molecular weight excluding hydrogens is 174 g/mol. The lowest BCUT2D eigenvalue weighted by atomic mass is 10.1. The summed E-state index contributed by atoms with van der Waals surface area (Å²) >= 11 is 0. The van der Waals surface area contributed by atoms with E-state index in [1.165, 1.54) is 10.8 Å². The standard InChI is InChI=1S/C12H10NO/c14-8-7-13-12-6-5-10-3-1-2-4-11(10)9-12/h1-6,9,13H,7H2. The van der Waals surface area contributed by atoms with Gasteiger partial charge in [0.15, 0.2) is 0 Å². The van der Waals surface area contributed by atoms with E-state index in [2.05, 4.69) is 11.4 Å². The molecule has 69 valence electrons. The molecule has 0 fully saturated rings. The molecule has 2 heteroatoms. The Morgan fingerprint density at radius 1 is 1.07 bits per heavy atom. The summed E-state index contributed by atoms with van der Waals surface area (Å²) in [5.74, 6) is 0. The van der Waals surface area contributed by atoms with Crippen LogP contribution in [0, 0.1) is 0 Å². The second-order valence-corrected chi connectivity index (χ2v) is 3.06. The van der Waals surface area contributed by atoms with Crippen molar-refractivity contribution in [2.24, 2.45) is 0 Å². The van der Waals surface area contributed by atoms with E-state index in [0.29, 0.717) is 0 Å². The Bertz CT molecular complexity index is 451. The lowest BCUT2D eigenvalue weighted by Gasteiger charge is -2.03. The normalized spacial score (nSPS) is 10.0. The molecule has 0 bridgehead atoms. The molecule has 0 saturated carbocycles. The van der Waals surface area contributed by atoms with Gasteiger partial charge in [-0.25, -0.2) is 0 Å². The Morgan fingerprint density at radius 3 is 2.64 bits per heavy atom. The van der Waals surface area contributed by atoms with Crippen LogP contribution in [0.15, 0.2) is 42.5 Å². The lowest BCUT2D eigenvalue weighted by Crippen LogP contribution is -2.01. The van der Waals surface area contributed by atoms with Crippen molar-refractivity contribution in [3.8, 4) is 0 Å². The average Bonchev–Trinajstić information content (AvgIpc) is 2.26. The van der Waals surface area contributed by atoms with Crippen LogP contribution in [0.5, 0.6) is 0 Å². The van der Waals surface area contributed by atoms with Gasteiger partial charge in [0.25, 0.3) is 0 Å². The van der Waals surface area contributed by atoms with E-state index in [4.69, 9.17) is 0 Å². The first-order chi connectivity index (χ1) is 6.90. The van der Waals surface area contributed by atoms with Crippen LogP contribution in [-0.2, 0) is 4.79 Å². The molecule has 2 nitrogen and oxygen atoms in total. The first-order valence-corrected chi connectivity index (χ1v) is 4.48. The first-order valence-electron chi connectivity index (χ1n) is 4.48. The van der Waals surface area contributed by atoms with Gasteiger partial charge < -0.3 is 5.32 Å². The van der Waals surface area contributed by atoms with Crippen molar-refractivity contribution in [1.82, 2.24) is 0 Å². The second kappa shape index (κ2) is 3.92. The Balaban J connectivity index is 2.36. The number of rotatable bonds is 3. The molecule has 0 saturated heterocycles. The molecular formula is C12H10NO. The van der Waals surface area contributed by atoms with Gasteiger partial charge in [-0.1, -0.05) is 30.3 Å². The van der Waals surface area contributed by atoms with Gasteiger partial charge in [0.05, 0.1) is 6.54 Å². The zero-order valence-electron chi connectivity index (χ0n) is 7.66. The number of hydrogen-bond acceptors (Lipinski definition) is 2. The molecule has 1 radical (unpaired) electrons. The zero-order valence-corrected chi connectivity index (χ0v) is 7.66. The number of benzene rings is 2. The number of carbonyl (C=O) groups excluding carboxylic acids is 1. The maximum absolute atomic E-state index is 10.1. The first kappa shape index (κ1) is 8.75. The van der Waals surface area contributed by atoms with Crippen molar-refractivity contribution in [3.05, 3.63) is 42.5 Å². The van der Waals surface area contributed by atoms with E-state index < -0.39 is 0 Å². The minimum atomic E-state index is 0.234. The van der Waals surface area contributed by atoms with Crippen LogP contribution in [0.1, 0.15) is 0 Å². The molecule has 14 heavy (non-hydrogen) atoms. The summed E-state index contributed by atoms with van der Waals surface area (Å²) in [5.41, 5.74) is 0.951. The summed E-state index contributed by atoms with van der Waals surface area (Å²) in [4.78, 5) is 10.1. The van der Waals surface area contributed by atoms with E-state index in [0.717, 1.165) is 5.69 Å². The molecule has 2 aromatic carbocycles. The molecule has 0 amide bonds. The Morgan fingerprint density at radius 2 is 1.86 bits per heavy atom. The summed E-state index contributed by atoms with van der Waals surface area (Å²) in [6.07, 6.45) is 1.80. The van der Waals surface area contributed by atoms with Crippen molar-refractivity contribution in [2.75, 3.05) is 11.9 Å². The Labute approximate surface area is 82.6 Å². The lowest BCUT2D eigenvalue weighted by molar-refractivity contribution is 0.557. The molecule has 2 aromatic rings. The fourth-order valence-electron chi connectivity index (χ4n) is 1.44. The number of hydrogen-bond donors (Lipinski definition) is 1. The smallest absolute Gasteiger partial charge is 0.219 e. The van der Waals surface area contributed by atoms with E-state index in [1.54, 1.807) is 6.29 Å². The Kier molecular flexibility index (Phi) is 2.45. The Hall–Kier alpha value is -1.83. The molecule has 0 spiro atoms. The van der Waals surface area contributed by atoms with Gasteiger partial charge in [0, 0.05) is 5.69 Å². The molecule has 2 rings (SSSR count). The quantitative estimate of drug-likeness (QED) is 0.793. The molecule has 0 aromatic heterocycles. The fourth-order valence-corrected chi connectivity index (χ4v) is 1.44. The van der Waals surface area contributed by atoms with Gasteiger partial charge in [0.2, 0.25) is 6.29 Å². The second-order valence-electron chi connectivity index (χ2n) is 3.06. The summed E-state index contributed by atoms with van der Waals surface area (Å²) in [7, 11) is 0. The minimum Gasteiger partial charge on any atom is -0.377 e. The third-order valence-electron chi connectivity index (χ3n) is 2.11. The van der Waals surface area contributed by atoms with Crippen LogP contribution in [-0.4, -0.2) is 12.8 Å². The monoisotopic (exact) mass is 184 g/mol. The van der Waals surface area contributed by atoms with Crippen LogP contribution in [0.4, 0.5) is 5.69 Å². The predicted octanol–water partition coefficient (Wildman–Crippen LogP) is 2.36. The largest absolute Gasteiger partial charge is 0.377 e. The van der Waals surface area contributed by atoms with Crippen LogP contribution >= 0.6 is 0 Å². The van der Waals surface area contributed by atoms with Crippen LogP contribution in [0.3, 0.4) is 0 Å². The molecule has 0 aliphatic carbocycles. The summed E-state index contributed by atoms with van der Waals surface area (Å²) < 4.78 is 0. The number of anilines is 1. The van der Waals surface area contributed by atoms with Gasteiger partial charge in [0.1, 0.15) is 0 Å². The van der Waals surface area contributed by atoms with Gasteiger partial charge in [-0.15, -0.1) is 0 Å². The highest BCUT2D eigenvalue weighted by Crippen LogP contribution is 2.18. The molecule has 0 unspecified atom stereocenters. The third kappa shape index (κ3) is 1.74. The molecule has 0 heterocycles. The van der Waals surface area contributed by atoms with Gasteiger partial charge in [-0.05, 0) is 22.9 Å². The minimum absolute atomic E-state index is 0.234. The number of fused-ring (bicyclic) bond motifs is 1. The van der Waals surface area contributed by atoms with Gasteiger partial charge in [-0.3, -0.25) is 4.79 Å². The summed E-state index contributed by atoms with van der Waals surface area (Å²) in [6, 6.07) is 14.1. The zero-order chi connectivity index (χ0) is 9.80. The van der Waals surface area contributed by atoms with Crippen molar-refractivity contribution in [1.29, 1.82) is 0 Å². The molecule has 0 atom stereocenters. The molecule has 1 N–H and O–H groups in total. The SMILES string of the molecule is O=[C]CNc1ccc2ccccc2c1. The molecule has 0 aliphatic heterocycles. The van der Waals surface area contributed by atoms with Crippen LogP contribution in [0.2, 0.25) is 0 Å². The van der Waals surface area contributed by atoms with Gasteiger partial charge in [-0.2, -0.15) is 0 Å². The highest BCUT2D eigenvalue weighted by atomic mass is 16.1. The van der Waals surface area contributed by atoms with Crippen LogP contribution < -0.4 is 5.32 Å². The highest BCUT2D eigenvalue weighted by molar-refractivity contribution is 5.85. The predicted molar refractivity (Wildman–Crippen MR) is 58.1 cm³/mol. The van der Waals surface area contributed by atoms with E-state index >= 15 is 0 Å². The topological polar surface area (TPSA) is 29.1 Å². The van der Waals surface area contributed by atoms with E-state index in [9.17, 15) is 4.79 Å². The van der Waals surface area contributed by atoms with E-state index in [-0.39, 0.29) is 6.54 Å². The summed E-state index contributed by atoms with van der Waals surface area (Å²) in [5, 5.41) is 5.33. The maximum atomic E-state index is 10.1. The fraction of sp³-hybridized carbons (Fsp3) is 0.0833.